The first-order chi connectivity index (χ1) is 11.1. The van der Waals surface area contributed by atoms with E-state index in [9.17, 15) is 0 Å². The predicted octanol–water partition coefficient (Wildman–Crippen LogP) is 0.485. The number of aromatic nitrogens is 4. The lowest BCUT2D eigenvalue weighted by Crippen LogP contribution is -2.50. The van der Waals surface area contributed by atoms with Crippen LogP contribution < -0.4 is 10.2 Å². The molecule has 4 heterocycles. The minimum absolute atomic E-state index is 0.438. The van der Waals surface area contributed by atoms with Gasteiger partial charge in [0.25, 0.3) is 0 Å². The van der Waals surface area contributed by atoms with Crippen LogP contribution in [0, 0.1) is 5.41 Å². The molecule has 2 aromatic rings. The first-order valence-electron chi connectivity index (χ1n) is 8.45. The summed E-state index contributed by atoms with van der Waals surface area (Å²) in [4.78, 5) is 13.8. The molecule has 124 valence electrons. The Balaban J connectivity index is 1.44. The van der Waals surface area contributed by atoms with Crippen LogP contribution in [0.5, 0.6) is 0 Å². The summed E-state index contributed by atoms with van der Waals surface area (Å²) in [7, 11) is 1.92. The van der Waals surface area contributed by atoms with E-state index in [1.54, 1.807) is 6.33 Å². The standard InChI is InChI=1S/C16H25N7/c1-16(3-4-17-10-16)11-22-5-7-23(8-6-22)15-13-9-20-21(2)14(13)18-12-19-15/h9,12,17H,3-8,10-11H2,1-2H3. The lowest BCUT2D eigenvalue weighted by molar-refractivity contribution is 0.169. The molecular weight excluding hydrogens is 290 g/mol. The van der Waals surface area contributed by atoms with Crippen LogP contribution in [0.3, 0.4) is 0 Å². The third-order valence-corrected chi connectivity index (χ3v) is 5.24. The SMILES string of the molecule is Cn1ncc2c(N3CCN(CC4(C)CCNC4)CC3)ncnc21. The molecule has 0 amide bonds. The Hall–Kier alpha value is -1.73. The van der Waals surface area contributed by atoms with Crippen LogP contribution in [-0.2, 0) is 7.05 Å². The van der Waals surface area contributed by atoms with Crippen LogP contribution in [0.15, 0.2) is 12.5 Å². The van der Waals surface area contributed by atoms with Gasteiger partial charge < -0.3 is 10.2 Å². The van der Waals surface area contributed by atoms with Gasteiger partial charge in [0.1, 0.15) is 12.1 Å². The summed E-state index contributed by atoms with van der Waals surface area (Å²) < 4.78 is 1.81. The molecule has 0 bridgehead atoms. The summed E-state index contributed by atoms with van der Waals surface area (Å²) in [5, 5.41) is 8.86. The smallest absolute Gasteiger partial charge is 0.163 e. The van der Waals surface area contributed by atoms with E-state index in [-0.39, 0.29) is 0 Å². The topological polar surface area (TPSA) is 62.1 Å². The third kappa shape index (κ3) is 2.79. The number of nitrogens with zero attached hydrogens (tertiary/aromatic N) is 6. The van der Waals surface area contributed by atoms with Gasteiger partial charge in [0.05, 0.1) is 11.6 Å². The van der Waals surface area contributed by atoms with Crippen LogP contribution in [-0.4, -0.2) is 70.5 Å². The van der Waals surface area contributed by atoms with Crippen LogP contribution in [0.25, 0.3) is 11.0 Å². The molecule has 0 aromatic carbocycles. The fourth-order valence-corrected chi connectivity index (χ4v) is 3.86. The lowest BCUT2D eigenvalue weighted by Gasteiger charge is -2.39. The van der Waals surface area contributed by atoms with Crippen molar-refractivity contribution in [1.82, 2.24) is 30.0 Å². The van der Waals surface area contributed by atoms with Gasteiger partial charge in [-0.2, -0.15) is 5.10 Å². The Morgan fingerprint density at radius 2 is 2.04 bits per heavy atom. The summed E-state index contributed by atoms with van der Waals surface area (Å²) >= 11 is 0. The van der Waals surface area contributed by atoms with E-state index < -0.39 is 0 Å². The number of hydrogen-bond acceptors (Lipinski definition) is 6. The minimum atomic E-state index is 0.438. The molecular formula is C16H25N7. The molecule has 1 unspecified atom stereocenters. The number of aryl methyl sites for hydroxylation is 1. The largest absolute Gasteiger partial charge is 0.353 e. The minimum Gasteiger partial charge on any atom is -0.353 e. The molecule has 2 fully saturated rings. The maximum atomic E-state index is 4.52. The molecule has 1 atom stereocenters. The van der Waals surface area contributed by atoms with Gasteiger partial charge >= 0.3 is 0 Å². The molecule has 7 heteroatoms. The number of rotatable bonds is 3. The third-order valence-electron chi connectivity index (χ3n) is 5.24. The van der Waals surface area contributed by atoms with Gasteiger partial charge in [-0.25, -0.2) is 9.97 Å². The second-order valence-corrected chi connectivity index (χ2v) is 7.20. The highest BCUT2D eigenvalue weighted by Crippen LogP contribution is 2.27. The second kappa shape index (κ2) is 5.72. The van der Waals surface area contributed by atoms with E-state index in [2.05, 4.69) is 37.1 Å². The van der Waals surface area contributed by atoms with Crippen molar-refractivity contribution >= 4 is 16.9 Å². The summed E-state index contributed by atoms with van der Waals surface area (Å²) in [5.74, 6) is 1.02. The van der Waals surface area contributed by atoms with Crippen molar-refractivity contribution in [2.24, 2.45) is 12.5 Å². The van der Waals surface area contributed by atoms with E-state index in [0.29, 0.717) is 5.41 Å². The van der Waals surface area contributed by atoms with Gasteiger partial charge in [0.15, 0.2) is 5.65 Å². The highest BCUT2D eigenvalue weighted by Gasteiger charge is 2.32. The Labute approximate surface area is 136 Å². The molecule has 0 aliphatic carbocycles. The van der Waals surface area contributed by atoms with Crippen molar-refractivity contribution in [2.45, 2.75) is 13.3 Å². The highest BCUT2D eigenvalue weighted by atomic mass is 15.3. The van der Waals surface area contributed by atoms with Crippen molar-refractivity contribution < 1.29 is 0 Å². The summed E-state index contributed by atoms with van der Waals surface area (Å²) in [6.45, 7) is 10.1. The van der Waals surface area contributed by atoms with Crippen LogP contribution >= 0.6 is 0 Å². The molecule has 0 radical (unpaired) electrons. The maximum absolute atomic E-state index is 4.52. The number of fused-ring (bicyclic) bond motifs is 1. The van der Waals surface area contributed by atoms with Crippen LogP contribution in [0.4, 0.5) is 5.82 Å². The molecule has 2 aliphatic heterocycles. The van der Waals surface area contributed by atoms with E-state index in [1.807, 2.05) is 17.9 Å². The number of hydrogen-bond donors (Lipinski definition) is 1. The lowest BCUT2D eigenvalue weighted by atomic mass is 9.89. The average Bonchev–Trinajstić information content (AvgIpc) is 3.15. The Morgan fingerprint density at radius 1 is 1.22 bits per heavy atom. The predicted molar refractivity (Wildman–Crippen MR) is 90.6 cm³/mol. The van der Waals surface area contributed by atoms with Gasteiger partial charge in [-0.15, -0.1) is 0 Å². The summed E-state index contributed by atoms with van der Waals surface area (Å²) in [6.07, 6.45) is 4.81. The van der Waals surface area contributed by atoms with E-state index >= 15 is 0 Å². The fraction of sp³-hybridized carbons (Fsp3) is 0.688. The van der Waals surface area contributed by atoms with Gasteiger partial charge in [0.2, 0.25) is 0 Å². The zero-order valence-corrected chi connectivity index (χ0v) is 14.0. The number of piperazine rings is 1. The second-order valence-electron chi connectivity index (χ2n) is 7.20. The van der Waals surface area contributed by atoms with E-state index in [1.165, 1.54) is 13.0 Å². The zero-order chi connectivity index (χ0) is 15.9. The van der Waals surface area contributed by atoms with Crippen LogP contribution in [0.1, 0.15) is 13.3 Å². The van der Waals surface area contributed by atoms with Gasteiger partial charge in [-0.05, 0) is 18.4 Å². The maximum Gasteiger partial charge on any atom is 0.163 e. The first-order valence-corrected chi connectivity index (χ1v) is 8.45. The van der Waals surface area contributed by atoms with Crippen molar-refractivity contribution in [2.75, 3.05) is 50.7 Å². The fourth-order valence-electron chi connectivity index (χ4n) is 3.86. The average molecular weight is 315 g/mol. The molecule has 0 saturated carbocycles. The van der Waals surface area contributed by atoms with Crippen molar-refractivity contribution in [3.63, 3.8) is 0 Å². The van der Waals surface area contributed by atoms with E-state index in [0.717, 1.165) is 56.1 Å². The number of nitrogens with one attached hydrogen (secondary N) is 1. The summed E-state index contributed by atoms with van der Waals surface area (Å²) in [6, 6.07) is 0. The molecule has 2 aliphatic rings. The molecule has 0 spiro atoms. The Kier molecular flexibility index (Phi) is 3.69. The van der Waals surface area contributed by atoms with Gasteiger partial charge in [-0.3, -0.25) is 9.58 Å². The molecule has 2 aromatic heterocycles. The first kappa shape index (κ1) is 14.8. The monoisotopic (exact) mass is 315 g/mol. The van der Waals surface area contributed by atoms with Gasteiger partial charge in [-0.1, -0.05) is 6.92 Å². The molecule has 1 N–H and O–H groups in total. The van der Waals surface area contributed by atoms with Crippen molar-refractivity contribution in [3.8, 4) is 0 Å². The van der Waals surface area contributed by atoms with Crippen molar-refractivity contribution in [3.05, 3.63) is 12.5 Å². The molecule has 2 saturated heterocycles. The normalized spacial score (nSPS) is 26.3. The van der Waals surface area contributed by atoms with Crippen LogP contribution in [0.2, 0.25) is 0 Å². The highest BCUT2D eigenvalue weighted by molar-refractivity contribution is 5.86. The molecule has 23 heavy (non-hydrogen) atoms. The quantitative estimate of drug-likeness (QED) is 0.889. The number of anilines is 1. The van der Waals surface area contributed by atoms with E-state index in [4.69, 9.17) is 0 Å². The molecule has 7 nitrogen and oxygen atoms in total. The Morgan fingerprint density at radius 3 is 2.78 bits per heavy atom. The summed E-state index contributed by atoms with van der Waals surface area (Å²) in [5.41, 5.74) is 1.34. The Bertz CT molecular complexity index is 681. The zero-order valence-electron chi connectivity index (χ0n) is 14.0. The van der Waals surface area contributed by atoms with Gasteiger partial charge in [0, 0.05) is 46.3 Å². The molecule has 4 rings (SSSR count). The van der Waals surface area contributed by atoms with Crippen molar-refractivity contribution in [1.29, 1.82) is 0 Å².